The lowest BCUT2D eigenvalue weighted by Crippen LogP contribution is -2.26. The molecule has 0 spiro atoms. The van der Waals surface area contributed by atoms with Crippen molar-refractivity contribution in [1.82, 2.24) is 9.36 Å². The molecular weight excluding hydrogens is 447 g/mol. The van der Waals surface area contributed by atoms with Gasteiger partial charge >= 0.3 is 6.18 Å². The number of alkyl halides is 3. The van der Waals surface area contributed by atoms with Crippen molar-refractivity contribution in [1.29, 1.82) is 0 Å². The number of hydrogen-bond donors (Lipinski definition) is 0. The molecule has 2 aromatic rings. The zero-order valence-corrected chi connectivity index (χ0v) is 20.1. The van der Waals surface area contributed by atoms with Gasteiger partial charge < -0.3 is 9.47 Å². The van der Waals surface area contributed by atoms with Crippen molar-refractivity contribution in [3.05, 3.63) is 46.6 Å². The minimum Gasteiger partial charge on any atom is -0.490 e. The molecular formula is C25H32F3N3O3. The van der Waals surface area contributed by atoms with Gasteiger partial charge in [-0.2, -0.15) is 18.2 Å². The highest BCUT2D eigenvalue weighted by molar-refractivity contribution is 5.97. The van der Waals surface area contributed by atoms with Gasteiger partial charge in [0.1, 0.15) is 12.4 Å². The van der Waals surface area contributed by atoms with Gasteiger partial charge in [0.25, 0.3) is 5.91 Å². The molecule has 1 aliphatic carbocycles. The number of nitrogens with zero attached hydrogens (tertiary/aromatic N) is 3. The van der Waals surface area contributed by atoms with E-state index in [-0.39, 0.29) is 29.4 Å². The summed E-state index contributed by atoms with van der Waals surface area (Å²) < 4.78 is 55.5. The van der Waals surface area contributed by atoms with E-state index >= 15 is 0 Å². The molecule has 6 nitrogen and oxygen atoms in total. The van der Waals surface area contributed by atoms with Crippen LogP contribution in [0.3, 0.4) is 0 Å². The Morgan fingerprint density at radius 1 is 1.18 bits per heavy atom. The highest BCUT2D eigenvalue weighted by atomic mass is 19.4. The highest BCUT2D eigenvalue weighted by Gasteiger charge is 2.32. The smallest absolute Gasteiger partial charge is 0.416 e. The molecule has 186 valence electrons. The predicted octanol–water partition coefficient (Wildman–Crippen LogP) is 4.85. The molecule has 0 radical (unpaired) electrons. The number of amides is 1. The van der Waals surface area contributed by atoms with Crippen LogP contribution in [0.1, 0.15) is 68.1 Å². The second kappa shape index (κ2) is 9.24. The largest absolute Gasteiger partial charge is 0.490 e. The monoisotopic (exact) mass is 479 g/mol. The molecule has 34 heavy (non-hydrogen) atoms. The van der Waals surface area contributed by atoms with Crippen LogP contribution in [-0.2, 0) is 29.9 Å². The molecule has 1 saturated heterocycles. The molecule has 1 aromatic heterocycles. The third kappa shape index (κ3) is 5.56. The average Bonchev–Trinajstić information content (AvgIpc) is 3.31. The normalized spacial score (nSPS) is 19.6. The minimum absolute atomic E-state index is 0.0815. The number of carbonyl (C=O) groups is 1. The number of benzene rings is 1. The first-order chi connectivity index (χ1) is 15.9. The Balaban J connectivity index is 1.73. The van der Waals surface area contributed by atoms with Crippen molar-refractivity contribution < 1.29 is 27.4 Å². The molecule has 9 heteroatoms. The summed E-state index contributed by atoms with van der Waals surface area (Å²) in [5.74, 6) is -0.156. The van der Waals surface area contributed by atoms with Crippen LogP contribution < -0.4 is 10.2 Å². The van der Waals surface area contributed by atoms with Gasteiger partial charge in [-0.05, 0) is 49.8 Å². The van der Waals surface area contributed by atoms with Gasteiger partial charge in [-0.3, -0.25) is 14.2 Å². The van der Waals surface area contributed by atoms with Crippen molar-refractivity contribution in [3.63, 3.8) is 0 Å². The third-order valence-corrected chi connectivity index (χ3v) is 6.34. The van der Waals surface area contributed by atoms with Crippen LogP contribution in [0.2, 0.25) is 0 Å². The van der Waals surface area contributed by atoms with Crippen LogP contribution in [0, 0.1) is 5.92 Å². The van der Waals surface area contributed by atoms with Crippen molar-refractivity contribution in [2.24, 2.45) is 18.0 Å². The van der Waals surface area contributed by atoms with Crippen molar-refractivity contribution >= 4 is 5.91 Å². The highest BCUT2D eigenvalue weighted by Crippen LogP contribution is 2.34. The summed E-state index contributed by atoms with van der Waals surface area (Å²) in [4.78, 5) is 17.6. The fourth-order valence-electron chi connectivity index (χ4n) is 4.25. The summed E-state index contributed by atoms with van der Waals surface area (Å²) in [5, 5.41) is 0. The van der Waals surface area contributed by atoms with E-state index in [1.54, 1.807) is 0 Å². The summed E-state index contributed by atoms with van der Waals surface area (Å²) >= 11 is 0. The molecule has 0 bridgehead atoms. The van der Waals surface area contributed by atoms with E-state index < -0.39 is 17.6 Å². The molecule has 1 aromatic carbocycles. The van der Waals surface area contributed by atoms with Crippen LogP contribution in [0.5, 0.6) is 5.75 Å². The third-order valence-electron chi connectivity index (χ3n) is 6.34. The van der Waals surface area contributed by atoms with E-state index in [9.17, 15) is 18.0 Å². The van der Waals surface area contributed by atoms with Gasteiger partial charge in [0.2, 0.25) is 0 Å². The van der Waals surface area contributed by atoms with Crippen LogP contribution >= 0.6 is 0 Å². The molecule has 4 rings (SSSR count). The number of ether oxygens (including phenoxy) is 2. The first kappa shape index (κ1) is 24.6. The molecule has 2 aliphatic rings. The first-order valence-electron chi connectivity index (χ1n) is 11.8. The summed E-state index contributed by atoms with van der Waals surface area (Å²) in [5.41, 5.74) is 0.116. The van der Waals surface area contributed by atoms with Gasteiger partial charge in [-0.1, -0.05) is 20.8 Å². The fourth-order valence-corrected chi connectivity index (χ4v) is 4.25. The second-order valence-electron chi connectivity index (χ2n) is 10.3. The van der Waals surface area contributed by atoms with E-state index in [0.717, 1.165) is 43.5 Å². The fraction of sp³-hybridized carbons (Fsp3) is 0.600. The van der Waals surface area contributed by atoms with Gasteiger partial charge in [0.05, 0.1) is 17.2 Å². The van der Waals surface area contributed by atoms with E-state index in [1.165, 1.54) is 6.07 Å². The predicted molar refractivity (Wildman–Crippen MR) is 121 cm³/mol. The van der Waals surface area contributed by atoms with Crippen LogP contribution in [0.4, 0.5) is 13.2 Å². The lowest BCUT2D eigenvalue weighted by atomic mass is 9.92. The van der Waals surface area contributed by atoms with Gasteiger partial charge in [-0.25, -0.2) is 0 Å². The number of rotatable bonds is 6. The zero-order chi connectivity index (χ0) is 24.7. The van der Waals surface area contributed by atoms with Crippen LogP contribution in [-0.4, -0.2) is 34.6 Å². The summed E-state index contributed by atoms with van der Waals surface area (Å²) in [6.45, 7) is 7.72. The van der Waals surface area contributed by atoms with Gasteiger partial charge in [-0.15, -0.1) is 0 Å². The molecule has 1 unspecified atom stereocenters. The number of hydrogen-bond acceptors (Lipinski definition) is 3. The quantitative estimate of drug-likeness (QED) is 0.595. The Morgan fingerprint density at radius 3 is 2.50 bits per heavy atom. The number of carbonyl (C=O) groups excluding carboxylic acids is 1. The SMILES string of the molecule is Cn1c(C(C)(C)C)cc(=NC(=O)c2cc(C(F)(F)F)ccc2OCC2CCCO2)n1CC1CC1. The Morgan fingerprint density at radius 2 is 1.91 bits per heavy atom. The van der Waals surface area contributed by atoms with E-state index in [0.29, 0.717) is 24.6 Å². The van der Waals surface area contributed by atoms with Crippen LogP contribution in [0.25, 0.3) is 0 Å². The molecule has 1 atom stereocenters. The lowest BCUT2D eigenvalue weighted by Gasteiger charge is -2.20. The van der Waals surface area contributed by atoms with Crippen molar-refractivity contribution in [3.8, 4) is 5.75 Å². The van der Waals surface area contributed by atoms with Gasteiger partial charge in [0.15, 0.2) is 5.49 Å². The Labute approximate surface area is 197 Å². The summed E-state index contributed by atoms with van der Waals surface area (Å²) in [6.07, 6.45) is -0.759. The Kier molecular flexibility index (Phi) is 6.68. The maximum absolute atomic E-state index is 13.4. The summed E-state index contributed by atoms with van der Waals surface area (Å²) in [7, 11) is 1.92. The Bertz CT molecular complexity index is 1120. The zero-order valence-electron chi connectivity index (χ0n) is 20.1. The van der Waals surface area contributed by atoms with Crippen molar-refractivity contribution in [2.75, 3.05) is 13.2 Å². The summed E-state index contributed by atoms with van der Waals surface area (Å²) in [6, 6.07) is 4.80. The lowest BCUT2D eigenvalue weighted by molar-refractivity contribution is -0.137. The second-order valence-corrected chi connectivity index (χ2v) is 10.3. The van der Waals surface area contributed by atoms with E-state index in [2.05, 4.69) is 25.8 Å². The van der Waals surface area contributed by atoms with Crippen LogP contribution in [0.15, 0.2) is 29.3 Å². The van der Waals surface area contributed by atoms with E-state index in [4.69, 9.17) is 9.47 Å². The minimum atomic E-state index is -4.58. The van der Waals surface area contributed by atoms with Gasteiger partial charge in [0, 0.05) is 37.4 Å². The molecule has 0 N–H and O–H groups in total. The first-order valence-corrected chi connectivity index (χ1v) is 11.8. The van der Waals surface area contributed by atoms with E-state index in [1.807, 2.05) is 22.5 Å². The maximum atomic E-state index is 13.4. The average molecular weight is 480 g/mol. The molecule has 1 aliphatic heterocycles. The molecule has 2 fully saturated rings. The Hall–Kier alpha value is -2.55. The maximum Gasteiger partial charge on any atom is 0.416 e. The number of halogens is 3. The van der Waals surface area contributed by atoms with Crippen molar-refractivity contribution in [2.45, 2.75) is 70.7 Å². The molecule has 1 amide bonds. The number of aromatic nitrogens is 2. The topological polar surface area (TPSA) is 57.8 Å². The molecule has 2 heterocycles. The molecule has 1 saturated carbocycles. The standard InChI is InChI=1S/C25H32F3N3O3/c1-24(2,3)21-13-22(31(30(21)4)14-16-7-8-16)29-23(32)19-12-17(25(26,27)28)9-10-20(19)34-15-18-6-5-11-33-18/h9-10,12-13,16,18H,5-8,11,14-15H2,1-4H3.